The van der Waals surface area contributed by atoms with Crippen LogP contribution >= 0.6 is 0 Å². The molecule has 0 aliphatic rings. The van der Waals surface area contributed by atoms with E-state index in [-0.39, 0.29) is 30.0 Å². The van der Waals surface area contributed by atoms with E-state index in [4.69, 9.17) is 9.47 Å². The Labute approximate surface area is 135 Å². The molecule has 2 aromatic rings. The molecule has 0 bridgehead atoms. The van der Waals surface area contributed by atoms with Crippen molar-refractivity contribution >= 4 is 6.29 Å². The van der Waals surface area contributed by atoms with E-state index in [1.807, 2.05) is 44.2 Å². The molecule has 2 rings (SSSR count). The molecule has 0 N–H and O–H groups in total. The third-order valence-corrected chi connectivity index (χ3v) is 3.24. The third-order valence-electron chi connectivity index (χ3n) is 3.24. The van der Waals surface area contributed by atoms with Crippen LogP contribution in [0.3, 0.4) is 0 Å². The van der Waals surface area contributed by atoms with Crippen LogP contribution in [0, 0.1) is 11.1 Å². The molecular weight excluding hydrogens is 296 g/mol. The molecule has 6 nitrogen and oxygen atoms in total. The fraction of sp³-hybridized carbons (Fsp3) is 0.353. The van der Waals surface area contributed by atoms with Gasteiger partial charge < -0.3 is 14.7 Å². The summed E-state index contributed by atoms with van der Waals surface area (Å²) in [5.74, 6) is 0.283. The van der Waals surface area contributed by atoms with Crippen LogP contribution in [0.4, 0.5) is 0 Å². The molecule has 0 saturated carbocycles. The van der Waals surface area contributed by atoms with E-state index in [2.05, 4.69) is 4.98 Å². The standard InChI is InChI=1S/C17H20N2O4/c1-12(2)9-15-16(23-11-13-7-5-4-6-8-13)18-14(10-20)17(22-3)19(15)21/h4-8,10,12H,9,11H2,1-3H3. The van der Waals surface area contributed by atoms with Gasteiger partial charge in [0, 0.05) is 6.42 Å². The Morgan fingerprint density at radius 3 is 2.57 bits per heavy atom. The van der Waals surface area contributed by atoms with Gasteiger partial charge in [-0.05, 0) is 11.5 Å². The predicted molar refractivity (Wildman–Crippen MR) is 84.5 cm³/mol. The van der Waals surface area contributed by atoms with Gasteiger partial charge in [0.2, 0.25) is 5.69 Å². The van der Waals surface area contributed by atoms with E-state index in [1.54, 1.807) is 0 Å². The molecule has 0 aliphatic carbocycles. The summed E-state index contributed by atoms with van der Waals surface area (Å²) >= 11 is 0. The Kier molecular flexibility index (Phi) is 5.51. The van der Waals surface area contributed by atoms with Gasteiger partial charge in [-0.15, -0.1) is 4.73 Å². The largest absolute Gasteiger partial charge is 0.616 e. The number of benzene rings is 1. The Bertz CT molecular complexity index is 672. The molecule has 0 saturated heterocycles. The van der Waals surface area contributed by atoms with Crippen molar-refractivity contribution in [3.63, 3.8) is 0 Å². The number of rotatable bonds is 7. The molecule has 1 heterocycles. The molecule has 0 aliphatic heterocycles. The van der Waals surface area contributed by atoms with Crippen LogP contribution in [-0.4, -0.2) is 18.4 Å². The van der Waals surface area contributed by atoms with Crippen molar-refractivity contribution in [3.05, 3.63) is 52.5 Å². The lowest BCUT2D eigenvalue weighted by atomic mass is 10.1. The van der Waals surface area contributed by atoms with E-state index >= 15 is 0 Å². The number of aldehydes is 1. The second kappa shape index (κ2) is 7.58. The van der Waals surface area contributed by atoms with Crippen molar-refractivity contribution < 1.29 is 19.0 Å². The average Bonchev–Trinajstić information content (AvgIpc) is 2.55. The first-order valence-corrected chi connectivity index (χ1v) is 7.39. The topological polar surface area (TPSA) is 75.4 Å². The van der Waals surface area contributed by atoms with Gasteiger partial charge in [0.1, 0.15) is 6.61 Å². The van der Waals surface area contributed by atoms with Crippen molar-refractivity contribution in [3.8, 4) is 11.8 Å². The monoisotopic (exact) mass is 316 g/mol. The minimum atomic E-state index is -0.109. The van der Waals surface area contributed by atoms with Crippen LogP contribution in [0.5, 0.6) is 11.8 Å². The minimum absolute atomic E-state index is 0.0712. The number of methoxy groups -OCH3 is 1. The lowest BCUT2D eigenvalue weighted by Crippen LogP contribution is -2.37. The Morgan fingerprint density at radius 2 is 2.00 bits per heavy atom. The third kappa shape index (κ3) is 3.97. The fourth-order valence-electron chi connectivity index (χ4n) is 2.20. The van der Waals surface area contributed by atoms with Crippen molar-refractivity contribution in [1.29, 1.82) is 0 Å². The highest BCUT2D eigenvalue weighted by Crippen LogP contribution is 2.22. The summed E-state index contributed by atoms with van der Waals surface area (Å²) < 4.78 is 11.3. The molecular formula is C17H20N2O4. The summed E-state index contributed by atoms with van der Waals surface area (Å²) in [7, 11) is 1.34. The Hall–Kier alpha value is -2.63. The van der Waals surface area contributed by atoms with E-state index < -0.39 is 0 Å². The predicted octanol–water partition coefficient (Wildman–Crippen LogP) is 2.31. The lowest BCUT2D eigenvalue weighted by molar-refractivity contribution is -0.622. The van der Waals surface area contributed by atoms with Crippen LogP contribution in [0.2, 0.25) is 0 Å². The van der Waals surface area contributed by atoms with E-state index in [0.29, 0.717) is 23.1 Å². The number of hydrogen-bond acceptors (Lipinski definition) is 5. The van der Waals surface area contributed by atoms with Crippen molar-refractivity contribution in [2.75, 3.05) is 7.11 Å². The number of carbonyl (C=O) groups is 1. The second-order valence-electron chi connectivity index (χ2n) is 5.54. The molecule has 0 amide bonds. The van der Waals surface area contributed by atoms with Crippen LogP contribution in [0.15, 0.2) is 30.3 Å². The van der Waals surface area contributed by atoms with Gasteiger partial charge in [-0.2, -0.15) is 4.98 Å². The minimum Gasteiger partial charge on any atom is -0.616 e. The highest BCUT2D eigenvalue weighted by molar-refractivity contribution is 5.74. The van der Waals surface area contributed by atoms with Crippen LogP contribution in [0.1, 0.15) is 35.6 Å². The van der Waals surface area contributed by atoms with Crippen molar-refractivity contribution in [1.82, 2.24) is 4.98 Å². The summed E-state index contributed by atoms with van der Waals surface area (Å²) in [6.07, 6.45) is 0.956. The smallest absolute Gasteiger partial charge is 0.409 e. The molecule has 0 spiro atoms. The van der Waals surface area contributed by atoms with Crippen LogP contribution in [0.25, 0.3) is 0 Å². The summed E-state index contributed by atoms with van der Waals surface area (Å²) in [5, 5.41) is 12.5. The molecule has 1 aromatic carbocycles. The number of nitrogens with zero attached hydrogens (tertiary/aromatic N) is 2. The molecule has 0 unspecified atom stereocenters. The number of hydrogen-bond donors (Lipinski definition) is 0. The first-order chi connectivity index (χ1) is 11.1. The van der Waals surface area contributed by atoms with Gasteiger partial charge in [0.25, 0.3) is 11.6 Å². The Morgan fingerprint density at radius 1 is 1.30 bits per heavy atom. The Balaban J connectivity index is 2.38. The molecule has 6 heteroatoms. The molecule has 0 atom stereocenters. The molecule has 0 fully saturated rings. The van der Waals surface area contributed by atoms with Crippen LogP contribution < -0.4 is 14.2 Å². The summed E-state index contributed by atoms with van der Waals surface area (Å²) in [6, 6.07) is 9.55. The van der Waals surface area contributed by atoms with E-state index in [1.165, 1.54) is 7.11 Å². The second-order valence-corrected chi connectivity index (χ2v) is 5.54. The summed E-state index contributed by atoms with van der Waals surface area (Å²) in [4.78, 5) is 15.3. The van der Waals surface area contributed by atoms with Gasteiger partial charge in [-0.1, -0.05) is 44.2 Å². The van der Waals surface area contributed by atoms with E-state index in [9.17, 15) is 10.0 Å². The molecule has 1 aromatic heterocycles. The summed E-state index contributed by atoms with van der Waals surface area (Å²) in [5.41, 5.74) is 1.24. The quantitative estimate of drug-likeness (QED) is 0.445. The van der Waals surface area contributed by atoms with Gasteiger partial charge >= 0.3 is 5.88 Å². The average molecular weight is 316 g/mol. The van der Waals surface area contributed by atoms with Crippen molar-refractivity contribution in [2.45, 2.75) is 26.9 Å². The maximum absolute atomic E-state index is 12.5. The number of carbonyl (C=O) groups excluding carboxylic acids is 1. The number of aromatic nitrogens is 2. The first-order valence-electron chi connectivity index (χ1n) is 7.39. The fourth-order valence-corrected chi connectivity index (χ4v) is 2.20. The molecule has 122 valence electrons. The normalized spacial score (nSPS) is 10.6. The van der Waals surface area contributed by atoms with Crippen molar-refractivity contribution in [2.24, 2.45) is 5.92 Å². The van der Waals surface area contributed by atoms with Gasteiger partial charge in [-0.25, -0.2) is 0 Å². The molecule has 0 radical (unpaired) electrons. The maximum Gasteiger partial charge on any atom is 0.409 e. The zero-order valence-corrected chi connectivity index (χ0v) is 13.5. The summed E-state index contributed by atoms with van der Waals surface area (Å²) in [6.45, 7) is 4.24. The zero-order chi connectivity index (χ0) is 16.8. The maximum atomic E-state index is 12.5. The van der Waals surface area contributed by atoms with E-state index in [0.717, 1.165) is 5.56 Å². The van der Waals surface area contributed by atoms with Gasteiger partial charge in [-0.3, -0.25) is 4.79 Å². The van der Waals surface area contributed by atoms with Gasteiger partial charge in [0.05, 0.1) is 7.11 Å². The number of ether oxygens (including phenoxy) is 2. The molecule has 23 heavy (non-hydrogen) atoms. The lowest BCUT2D eigenvalue weighted by Gasteiger charge is -2.14. The van der Waals surface area contributed by atoms with Crippen LogP contribution in [-0.2, 0) is 13.0 Å². The highest BCUT2D eigenvalue weighted by atomic mass is 16.5. The first kappa shape index (κ1) is 16.7. The highest BCUT2D eigenvalue weighted by Gasteiger charge is 2.26. The zero-order valence-electron chi connectivity index (χ0n) is 13.5. The van der Waals surface area contributed by atoms with Gasteiger partial charge in [0.15, 0.2) is 6.29 Å². The SMILES string of the molecule is COc1c(C=O)nc(OCc2ccccc2)c(CC(C)C)[n+]1[O-].